The Labute approximate surface area is 133 Å². The number of carbonyl (C=O) groups is 1. The lowest BCUT2D eigenvalue weighted by molar-refractivity contribution is -0.111. The SMILES string of the molecule is CC(C)(C)c1ccccc1NC(=O)C=Cc1ccc(Br)o1. The summed E-state index contributed by atoms with van der Waals surface area (Å²) in [6, 6.07) is 11.4. The highest BCUT2D eigenvalue weighted by molar-refractivity contribution is 9.10. The van der Waals surface area contributed by atoms with E-state index in [1.165, 1.54) is 6.08 Å². The van der Waals surface area contributed by atoms with E-state index < -0.39 is 0 Å². The van der Waals surface area contributed by atoms with Gasteiger partial charge in [0.1, 0.15) is 5.76 Å². The average molecular weight is 348 g/mol. The summed E-state index contributed by atoms with van der Waals surface area (Å²) in [5, 5.41) is 2.91. The Balaban J connectivity index is 2.12. The maximum Gasteiger partial charge on any atom is 0.248 e. The lowest BCUT2D eigenvalue weighted by Gasteiger charge is -2.22. The van der Waals surface area contributed by atoms with Gasteiger partial charge in [-0.1, -0.05) is 39.0 Å². The molecule has 110 valence electrons. The van der Waals surface area contributed by atoms with E-state index in [9.17, 15) is 4.79 Å². The van der Waals surface area contributed by atoms with Crippen LogP contribution in [0, 0.1) is 0 Å². The molecule has 0 atom stereocenters. The van der Waals surface area contributed by atoms with Gasteiger partial charge in [-0.15, -0.1) is 0 Å². The molecule has 2 rings (SSSR count). The van der Waals surface area contributed by atoms with E-state index in [4.69, 9.17) is 4.42 Å². The molecule has 1 amide bonds. The number of para-hydroxylation sites is 1. The van der Waals surface area contributed by atoms with Crippen molar-refractivity contribution in [3.05, 3.63) is 58.5 Å². The van der Waals surface area contributed by atoms with Crippen LogP contribution in [0.1, 0.15) is 32.1 Å². The fourth-order valence-corrected chi connectivity index (χ4v) is 2.32. The molecule has 1 aromatic carbocycles. The van der Waals surface area contributed by atoms with Gasteiger partial charge in [-0.3, -0.25) is 4.79 Å². The first-order valence-electron chi connectivity index (χ1n) is 6.70. The molecule has 0 aliphatic heterocycles. The van der Waals surface area contributed by atoms with E-state index in [1.54, 1.807) is 18.2 Å². The van der Waals surface area contributed by atoms with Crippen molar-refractivity contribution in [1.82, 2.24) is 0 Å². The predicted octanol–water partition coefficient (Wildman–Crippen LogP) is 4.99. The lowest BCUT2D eigenvalue weighted by Crippen LogP contribution is -2.17. The molecule has 0 bridgehead atoms. The van der Waals surface area contributed by atoms with Crippen molar-refractivity contribution < 1.29 is 9.21 Å². The minimum Gasteiger partial charge on any atom is -0.450 e. The van der Waals surface area contributed by atoms with Crippen LogP contribution in [0.2, 0.25) is 0 Å². The fraction of sp³-hybridized carbons (Fsp3) is 0.235. The van der Waals surface area contributed by atoms with Crippen molar-refractivity contribution in [3.8, 4) is 0 Å². The third kappa shape index (κ3) is 4.33. The molecule has 1 heterocycles. The molecule has 0 saturated carbocycles. The number of carbonyl (C=O) groups excluding carboxylic acids is 1. The smallest absolute Gasteiger partial charge is 0.248 e. The number of hydrogen-bond donors (Lipinski definition) is 1. The summed E-state index contributed by atoms with van der Waals surface area (Å²) in [6.45, 7) is 6.36. The van der Waals surface area contributed by atoms with E-state index in [2.05, 4.69) is 42.0 Å². The van der Waals surface area contributed by atoms with Crippen LogP contribution in [0.4, 0.5) is 5.69 Å². The van der Waals surface area contributed by atoms with E-state index in [0.29, 0.717) is 10.4 Å². The van der Waals surface area contributed by atoms with Crippen molar-refractivity contribution >= 4 is 33.6 Å². The highest BCUT2D eigenvalue weighted by Gasteiger charge is 2.17. The number of hydrogen-bond acceptors (Lipinski definition) is 2. The van der Waals surface area contributed by atoms with Crippen LogP contribution in [-0.2, 0) is 10.2 Å². The van der Waals surface area contributed by atoms with Crippen molar-refractivity contribution in [2.75, 3.05) is 5.32 Å². The summed E-state index contributed by atoms with van der Waals surface area (Å²) >= 11 is 3.22. The summed E-state index contributed by atoms with van der Waals surface area (Å²) in [5.41, 5.74) is 1.91. The number of benzene rings is 1. The van der Waals surface area contributed by atoms with E-state index in [1.807, 2.05) is 24.3 Å². The molecule has 1 N–H and O–H groups in total. The summed E-state index contributed by atoms with van der Waals surface area (Å²) in [6.07, 6.45) is 3.10. The minimum atomic E-state index is -0.181. The van der Waals surface area contributed by atoms with E-state index >= 15 is 0 Å². The Kier molecular flexibility index (Phi) is 4.68. The van der Waals surface area contributed by atoms with Gasteiger partial charge in [0.25, 0.3) is 0 Å². The molecule has 3 nitrogen and oxygen atoms in total. The second kappa shape index (κ2) is 6.31. The summed E-state index contributed by atoms with van der Waals surface area (Å²) < 4.78 is 5.95. The van der Waals surface area contributed by atoms with Crippen LogP contribution < -0.4 is 5.32 Å². The van der Waals surface area contributed by atoms with Gasteiger partial charge in [0.2, 0.25) is 5.91 Å². The monoisotopic (exact) mass is 347 g/mol. The van der Waals surface area contributed by atoms with Crippen LogP contribution in [0.15, 0.2) is 51.6 Å². The summed E-state index contributed by atoms with van der Waals surface area (Å²) in [5.74, 6) is 0.445. The van der Waals surface area contributed by atoms with Crippen LogP contribution in [0.5, 0.6) is 0 Å². The van der Waals surface area contributed by atoms with E-state index in [0.717, 1.165) is 11.3 Å². The maximum absolute atomic E-state index is 12.0. The molecule has 2 aromatic rings. The zero-order valence-electron chi connectivity index (χ0n) is 12.3. The zero-order valence-corrected chi connectivity index (χ0v) is 13.9. The van der Waals surface area contributed by atoms with Gasteiger partial charge in [-0.2, -0.15) is 0 Å². The Morgan fingerprint density at radius 2 is 1.90 bits per heavy atom. The first-order valence-corrected chi connectivity index (χ1v) is 7.49. The van der Waals surface area contributed by atoms with Gasteiger partial charge in [-0.25, -0.2) is 0 Å². The topological polar surface area (TPSA) is 42.2 Å². The number of anilines is 1. The summed E-state index contributed by atoms with van der Waals surface area (Å²) in [7, 11) is 0. The maximum atomic E-state index is 12.0. The number of nitrogens with one attached hydrogen (secondary N) is 1. The first kappa shape index (κ1) is 15.6. The molecule has 0 unspecified atom stereocenters. The molecule has 1 aromatic heterocycles. The van der Waals surface area contributed by atoms with Crippen LogP contribution in [0.25, 0.3) is 6.08 Å². The Morgan fingerprint density at radius 3 is 2.52 bits per heavy atom. The molecule has 21 heavy (non-hydrogen) atoms. The molecule has 0 radical (unpaired) electrons. The average Bonchev–Trinajstić information content (AvgIpc) is 2.82. The largest absolute Gasteiger partial charge is 0.450 e. The van der Waals surface area contributed by atoms with Crippen molar-refractivity contribution in [1.29, 1.82) is 0 Å². The zero-order chi connectivity index (χ0) is 15.5. The molecule has 0 saturated heterocycles. The molecule has 4 heteroatoms. The van der Waals surface area contributed by atoms with Gasteiger partial charge in [0.05, 0.1) is 0 Å². The van der Waals surface area contributed by atoms with Crippen LogP contribution in [-0.4, -0.2) is 5.91 Å². The fourth-order valence-electron chi connectivity index (χ4n) is 2.00. The summed E-state index contributed by atoms with van der Waals surface area (Å²) in [4.78, 5) is 12.0. The number of furan rings is 1. The second-order valence-electron chi connectivity index (χ2n) is 5.76. The van der Waals surface area contributed by atoms with Crippen molar-refractivity contribution in [2.45, 2.75) is 26.2 Å². The molecule has 0 fully saturated rings. The van der Waals surface area contributed by atoms with Crippen LogP contribution >= 0.6 is 15.9 Å². The third-order valence-corrected chi connectivity index (χ3v) is 3.41. The van der Waals surface area contributed by atoms with Gasteiger partial charge in [0, 0.05) is 11.8 Å². The molecule has 0 aliphatic rings. The van der Waals surface area contributed by atoms with Gasteiger partial charge < -0.3 is 9.73 Å². The molecule has 0 aliphatic carbocycles. The minimum absolute atomic E-state index is 0.0283. The highest BCUT2D eigenvalue weighted by Crippen LogP contribution is 2.29. The standard InChI is InChI=1S/C17H18BrNO2/c1-17(2,3)13-6-4-5-7-14(13)19-16(20)11-9-12-8-10-15(18)21-12/h4-11H,1-3H3,(H,19,20). The Morgan fingerprint density at radius 1 is 1.19 bits per heavy atom. The van der Waals surface area contributed by atoms with Gasteiger partial charge in [-0.05, 0) is 51.2 Å². The first-order chi connectivity index (χ1) is 9.86. The Hall–Kier alpha value is -1.81. The van der Waals surface area contributed by atoms with Gasteiger partial charge >= 0.3 is 0 Å². The normalized spacial score (nSPS) is 11.8. The molecular formula is C17H18BrNO2. The van der Waals surface area contributed by atoms with E-state index in [-0.39, 0.29) is 11.3 Å². The third-order valence-electron chi connectivity index (χ3n) is 2.99. The molecule has 0 spiro atoms. The molecular weight excluding hydrogens is 330 g/mol. The quantitative estimate of drug-likeness (QED) is 0.794. The second-order valence-corrected chi connectivity index (χ2v) is 6.54. The lowest BCUT2D eigenvalue weighted by atomic mass is 9.86. The number of amides is 1. The van der Waals surface area contributed by atoms with Crippen LogP contribution in [0.3, 0.4) is 0 Å². The predicted molar refractivity (Wildman–Crippen MR) is 89.2 cm³/mol. The van der Waals surface area contributed by atoms with Crippen molar-refractivity contribution in [2.24, 2.45) is 0 Å². The highest BCUT2D eigenvalue weighted by atomic mass is 79.9. The number of halogens is 1. The van der Waals surface area contributed by atoms with Gasteiger partial charge in [0.15, 0.2) is 4.67 Å². The number of rotatable bonds is 3. The Bertz CT molecular complexity index is 665. The van der Waals surface area contributed by atoms with Crippen molar-refractivity contribution in [3.63, 3.8) is 0 Å².